The van der Waals surface area contributed by atoms with Crippen LogP contribution in [-0.2, 0) is 21.7 Å². The number of aromatic nitrogens is 1. The van der Waals surface area contributed by atoms with Crippen LogP contribution in [0.3, 0.4) is 0 Å². The number of ether oxygens (including phenoxy) is 2. The third-order valence-electron chi connectivity index (χ3n) is 7.35. The zero-order chi connectivity index (χ0) is 30.9. The Morgan fingerprint density at radius 3 is 2.00 bits per heavy atom. The van der Waals surface area contributed by atoms with Crippen LogP contribution in [0, 0.1) is 0 Å². The minimum atomic E-state index is -5.17. The Kier molecular flexibility index (Phi) is 8.87. The Balaban J connectivity index is 1.60. The SMILES string of the molecule is COc1cccc(N(CC(F)Cn2c3ccc(Br)cc3c3cc(Br)ccc32)C(=O)C(OC)(c2ccccc2)C(F)(F)F)c1. The molecule has 0 aliphatic heterocycles. The zero-order valence-corrected chi connectivity index (χ0v) is 26.2. The summed E-state index contributed by atoms with van der Waals surface area (Å²) >= 11 is 6.98. The highest BCUT2D eigenvalue weighted by Gasteiger charge is 2.64. The molecule has 1 heterocycles. The van der Waals surface area contributed by atoms with Crippen LogP contribution < -0.4 is 9.64 Å². The van der Waals surface area contributed by atoms with Crippen LogP contribution in [-0.4, -0.2) is 43.6 Å². The monoisotopic (exact) mass is 720 g/mol. The van der Waals surface area contributed by atoms with E-state index in [4.69, 9.17) is 9.47 Å². The number of hydrogen-bond acceptors (Lipinski definition) is 3. The minimum absolute atomic E-state index is 0.0312. The van der Waals surface area contributed by atoms with E-state index in [0.29, 0.717) is 5.75 Å². The van der Waals surface area contributed by atoms with E-state index in [1.807, 2.05) is 36.4 Å². The lowest BCUT2D eigenvalue weighted by Gasteiger charge is -2.38. The molecule has 1 amide bonds. The Labute approximate surface area is 262 Å². The highest BCUT2D eigenvalue weighted by molar-refractivity contribution is 9.10. The number of amides is 1. The van der Waals surface area contributed by atoms with E-state index >= 15 is 4.39 Å². The number of carbonyl (C=O) groups is 1. The molecule has 224 valence electrons. The van der Waals surface area contributed by atoms with Gasteiger partial charge in [-0.1, -0.05) is 68.3 Å². The number of fused-ring (bicyclic) bond motifs is 3. The number of rotatable bonds is 9. The second-order valence-corrected chi connectivity index (χ2v) is 11.7. The molecule has 1 aromatic heterocycles. The van der Waals surface area contributed by atoms with Crippen molar-refractivity contribution in [3.8, 4) is 5.75 Å². The first-order valence-corrected chi connectivity index (χ1v) is 14.7. The summed E-state index contributed by atoms with van der Waals surface area (Å²) in [5.41, 5.74) is -2.30. The van der Waals surface area contributed by atoms with Gasteiger partial charge in [-0.25, -0.2) is 4.39 Å². The van der Waals surface area contributed by atoms with Gasteiger partial charge in [0.2, 0.25) is 0 Å². The predicted octanol–water partition coefficient (Wildman–Crippen LogP) is 8.80. The highest BCUT2D eigenvalue weighted by Crippen LogP contribution is 2.44. The van der Waals surface area contributed by atoms with Crippen molar-refractivity contribution in [2.24, 2.45) is 0 Å². The molecule has 2 atom stereocenters. The smallest absolute Gasteiger partial charge is 0.430 e. The summed E-state index contributed by atoms with van der Waals surface area (Å²) in [7, 11) is 2.21. The summed E-state index contributed by atoms with van der Waals surface area (Å²) in [6.07, 6.45) is -6.95. The van der Waals surface area contributed by atoms with Crippen molar-refractivity contribution in [2.75, 3.05) is 25.7 Å². The van der Waals surface area contributed by atoms with Crippen molar-refractivity contribution in [3.05, 3.63) is 106 Å². The number of carbonyl (C=O) groups excluding carboxylic acids is 1. The summed E-state index contributed by atoms with van der Waals surface area (Å²) in [4.78, 5) is 14.9. The topological polar surface area (TPSA) is 43.7 Å². The first-order chi connectivity index (χ1) is 20.5. The molecule has 43 heavy (non-hydrogen) atoms. The van der Waals surface area contributed by atoms with Crippen LogP contribution in [0.1, 0.15) is 5.56 Å². The van der Waals surface area contributed by atoms with Crippen LogP contribution in [0.2, 0.25) is 0 Å². The highest BCUT2D eigenvalue weighted by atomic mass is 79.9. The Hall–Kier alpha value is -3.41. The second kappa shape index (κ2) is 12.3. The summed E-state index contributed by atoms with van der Waals surface area (Å²) in [6, 6.07) is 23.8. The largest absolute Gasteiger partial charge is 0.497 e. The third-order valence-corrected chi connectivity index (χ3v) is 8.33. The molecule has 11 heteroatoms. The summed E-state index contributed by atoms with van der Waals surface area (Å²) in [6.45, 7) is -0.914. The zero-order valence-electron chi connectivity index (χ0n) is 23.0. The Morgan fingerprint density at radius 2 is 1.47 bits per heavy atom. The summed E-state index contributed by atoms with van der Waals surface area (Å²) < 4.78 is 74.7. The average Bonchev–Trinajstić information content (AvgIpc) is 3.27. The van der Waals surface area contributed by atoms with Gasteiger partial charge in [0.05, 0.1) is 20.2 Å². The van der Waals surface area contributed by atoms with Crippen LogP contribution in [0.25, 0.3) is 21.8 Å². The Morgan fingerprint density at radius 1 is 0.860 bits per heavy atom. The van der Waals surface area contributed by atoms with Crippen LogP contribution in [0.15, 0.2) is 99.9 Å². The number of halogens is 6. The van der Waals surface area contributed by atoms with E-state index in [0.717, 1.165) is 42.8 Å². The average molecular weight is 722 g/mol. The number of nitrogens with zero attached hydrogens (tertiary/aromatic N) is 2. The molecule has 0 N–H and O–H groups in total. The molecule has 5 nitrogen and oxygen atoms in total. The predicted molar refractivity (Wildman–Crippen MR) is 166 cm³/mol. The quantitative estimate of drug-likeness (QED) is 0.143. The molecule has 2 unspecified atom stereocenters. The molecule has 0 saturated heterocycles. The fourth-order valence-electron chi connectivity index (χ4n) is 5.38. The van der Waals surface area contributed by atoms with Crippen molar-refractivity contribution in [1.82, 2.24) is 4.57 Å². The van der Waals surface area contributed by atoms with Gasteiger partial charge >= 0.3 is 6.18 Å². The van der Waals surface area contributed by atoms with Gasteiger partial charge in [-0.05, 0) is 48.5 Å². The van der Waals surface area contributed by atoms with Gasteiger partial charge in [-0.2, -0.15) is 13.2 Å². The molecule has 0 aliphatic carbocycles. The molecule has 0 bridgehead atoms. The van der Waals surface area contributed by atoms with Gasteiger partial charge in [-0.3, -0.25) is 4.79 Å². The van der Waals surface area contributed by atoms with Gasteiger partial charge < -0.3 is 18.9 Å². The van der Waals surface area contributed by atoms with Gasteiger partial charge in [0, 0.05) is 55.2 Å². The Bertz CT molecular complexity index is 1720. The molecule has 0 spiro atoms. The van der Waals surface area contributed by atoms with Crippen LogP contribution >= 0.6 is 31.9 Å². The maximum atomic E-state index is 16.3. The van der Waals surface area contributed by atoms with E-state index in [9.17, 15) is 18.0 Å². The van der Waals surface area contributed by atoms with Crippen molar-refractivity contribution in [3.63, 3.8) is 0 Å². The molecule has 4 aromatic carbocycles. The number of alkyl halides is 4. The van der Waals surface area contributed by atoms with Gasteiger partial charge in [0.1, 0.15) is 11.9 Å². The first-order valence-electron chi connectivity index (χ1n) is 13.1. The standard InChI is InChI=1S/C32H26Br2F4N2O3/c1-42-25-10-6-9-24(17-25)39(30(41)31(43-2,32(36,37)38)20-7-4-3-5-8-20)18-23(35)19-40-28-13-11-21(33)15-26(28)27-16-22(34)12-14-29(27)40/h3-17,23H,18-19H2,1-2H3. The van der Waals surface area contributed by atoms with Gasteiger partial charge in [0.25, 0.3) is 11.5 Å². The number of benzene rings is 4. The first kappa shape index (κ1) is 31.0. The molecule has 0 saturated carbocycles. The van der Waals surface area contributed by atoms with Crippen molar-refractivity contribution in [1.29, 1.82) is 0 Å². The van der Waals surface area contributed by atoms with Crippen molar-refractivity contribution < 1.29 is 31.8 Å². The second-order valence-electron chi connectivity index (χ2n) is 9.90. The fraction of sp³-hybridized carbons (Fsp3) is 0.219. The summed E-state index contributed by atoms with van der Waals surface area (Å²) in [5, 5.41) is 1.75. The molecular weight excluding hydrogens is 696 g/mol. The molecule has 0 radical (unpaired) electrons. The fourth-order valence-corrected chi connectivity index (χ4v) is 6.10. The molecule has 0 fully saturated rings. The summed E-state index contributed by atoms with van der Waals surface area (Å²) in [5.74, 6) is -1.18. The van der Waals surface area contributed by atoms with Gasteiger partial charge in [-0.15, -0.1) is 0 Å². The molecule has 5 aromatic rings. The van der Waals surface area contributed by atoms with Crippen LogP contribution in [0.5, 0.6) is 5.75 Å². The van der Waals surface area contributed by atoms with E-state index in [1.54, 1.807) is 10.6 Å². The van der Waals surface area contributed by atoms with E-state index in [1.165, 1.54) is 55.6 Å². The third kappa shape index (κ3) is 5.77. The minimum Gasteiger partial charge on any atom is -0.497 e. The lowest BCUT2D eigenvalue weighted by molar-refractivity contribution is -0.264. The van der Waals surface area contributed by atoms with E-state index in [-0.39, 0.29) is 12.2 Å². The number of methoxy groups -OCH3 is 2. The maximum Gasteiger partial charge on any atom is 0.430 e. The molecular formula is C32H26Br2F4N2O3. The number of anilines is 1. The maximum absolute atomic E-state index is 16.3. The lowest BCUT2D eigenvalue weighted by Crippen LogP contribution is -2.58. The van der Waals surface area contributed by atoms with Crippen molar-refractivity contribution in [2.45, 2.75) is 24.5 Å². The molecule has 5 rings (SSSR count). The van der Waals surface area contributed by atoms with E-state index in [2.05, 4.69) is 31.9 Å². The van der Waals surface area contributed by atoms with Gasteiger partial charge in [0.15, 0.2) is 0 Å². The lowest BCUT2D eigenvalue weighted by atomic mass is 9.90. The van der Waals surface area contributed by atoms with E-state index < -0.39 is 36.0 Å². The van der Waals surface area contributed by atoms with Crippen molar-refractivity contribution >= 4 is 65.3 Å². The normalized spacial score (nSPS) is 14.0. The van der Waals surface area contributed by atoms with Crippen LogP contribution in [0.4, 0.5) is 23.2 Å². The molecule has 0 aliphatic rings. The number of hydrogen-bond donors (Lipinski definition) is 0.